The second kappa shape index (κ2) is 12.1. The van der Waals surface area contributed by atoms with Crippen LogP contribution >= 0.6 is 24.0 Å². The van der Waals surface area contributed by atoms with E-state index >= 15 is 0 Å². The molecule has 1 aliphatic rings. The molecule has 0 bridgehead atoms. The number of aliphatic imine (C=N–C) groups is 1. The van der Waals surface area contributed by atoms with Crippen molar-refractivity contribution in [2.45, 2.75) is 38.5 Å². The van der Waals surface area contributed by atoms with E-state index in [1.165, 1.54) is 11.8 Å². The average Bonchev–Trinajstić information content (AvgIpc) is 2.68. The Labute approximate surface area is 194 Å². The van der Waals surface area contributed by atoms with Crippen LogP contribution in [-0.2, 0) is 17.9 Å². The lowest BCUT2D eigenvalue weighted by molar-refractivity contribution is -0.181. The highest BCUT2D eigenvalue weighted by molar-refractivity contribution is 14.0. The van der Waals surface area contributed by atoms with E-state index in [4.69, 9.17) is 0 Å². The second-order valence-corrected chi connectivity index (χ2v) is 7.07. The topological polar surface area (TPSA) is 40.1 Å². The number of piperazine rings is 1. The Morgan fingerprint density at radius 2 is 1.58 bits per heavy atom. The Morgan fingerprint density at radius 1 is 1.03 bits per heavy atom. The Balaban J connectivity index is 0.00000480. The molecule has 1 aromatic rings. The third-order valence-corrected chi connectivity index (χ3v) is 4.86. The van der Waals surface area contributed by atoms with Gasteiger partial charge in [-0.1, -0.05) is 24.3 Å². The van der Waals surface area contributed by atoms with Gasteiger partial charge in [-0.2, -0.15) is 26.3 Å². The first-order valence-electron chi connectivity index (χ1n) is 9.48. The fourth-order valence-electron chi connectivity index (χ4n) is 3.08. The summed E-state index contributed by atoms with van der Waals surface area (Å²) in [5.41, 5.74) is 1.52. The van der Waals surface area contributed by atoms with Crippen LogP contribution in [0.5, 0.6) is 0 Å². The molecule has 0 radical (unpaired) electrons. The summed E-state index contributed by atoms with van der Waals surface area (Å²) in [6.45, 7) is 1.60. The summed E-state index contributed by atoms with van der Waals surface area (Å²) in [7, 11) is 1.61. The zero-order valence-electron chi connectivity index (χ0n) is 17.3. The molecule has 5 nitrogen and oxygen atoms in total. The zero-order chi connectivity index (χ0) is 22.4. The molecule has 1 saturated heterocycles. The van der Waals surface area contributed by atoms with Crippen molar-refractivity contribution in [3.8, 4) is 0 Å². The molecule has 1 fully saturated rings. The average molecular weight is 568 g/mol. The Hall–Kier alpha value is -1.28. The third kappa shape index (κ3) is 9.39. The van der Waals surface area contributed by atoms with Crippen molar-refractivity contribution < 1.29 is 31.1 Å². The van der Waals surface area contributed by atoms with Gasteiger partial charge in [-0.15, -0.1) is 24.0 Å². The van der Waals surface area contributed by atoms with Crippen molar-refractivity contribution in [2.75, 3.05) is 39.8 Å². The highest BCUT2D eigenvalue weighted by atomic mass is 127. The quantitative estimate of drug-likeness (QED) is 0.244. The number of hydrogen-bond donors (Lipinski definition) is 1. The number of ether oxygens (including phenoxy) is 1. The number of benzene rings is 1. The highest BCUT2D eigenvalue weighted by Gasteiger charge is 2.41. The monoisotopic (exact) mass is 568 g/mol. The van der Waals surface area contributed by atoms with Crippen LogP contribution in [0.1, 0.15) is 18.1 Å². The number of guanidine groups is 1. The number of alkyl halides is 6. The molecule has 1 N–H and O–H groups in total. The van der Waals surface area contributed by atoms with Gasteiger partial charge in [-0.3, -0.25) is 9.89 Å². The molecule has 2 rings (SSSR count). The smallest absolute Gasteiger partial charge is 0.367 e. The van der Waals surface area contributed by atoms with Gasteiger partial charge in [0.2, 0.25) is 0 Å². The SMILES string of the molecule is CN=C(NCc1ccc(COCC(F)(F)F)cc1)N1CCN(C(C)C(F)(F)F)CC1.I. The van der Waals surface area contributed by atoms with Crippen LogP contribution in [0.3, 0.4) is 0 Å². The van der Waals surface area contributed by atoms with Crippen LogP contribution in [0.15, 0.2) is 29.3 Å². The lowest BCUT2D eigenvalue weighted by Gasteiger charge is -2.39. The van der Waals surface area contributed by atoms with Crippen molar-refractivity contribution in [3.05, 3.63) is 35.4 Å². The molecule has 12 heteroatoms. The molecule has 1 aliphatic heterocycles. The summed E-state index contributed by atoms with van der Waals surface area (Å²) in [4.78, 5) is 7.50. The molecule has 1 atom stereocenters. The molecule has 178 valence electrons. The standard InChI is InChI=1S/C19H26F6N4O.HI/c1-14(19(23,24)25)28-7-9-29(10-8-28)17(26-2)27-11-15-3-5-16(6-4-15)12-30-13-18(20,21)22;/h3-6,14H,7-13H2,1-2H3,(H,26,27);1H. The van der Waals surface area contributed by atoms with Crippen LogP contribution in [-0.4, -0.2) is 74.0 Å². The first-order valence-corrected chi connectivity index (χ1v) is 9.48. The second-order valence-electron chi connectivity index (χ2n) is 7.07. The predicted molar refractivity (Wildman–Crippen MR) is 116 cm³/mol. The maximum absolute atomic E-state index is 12.9. The van der Waals surface area contributed by atoms with Gasteiger partial charge in [0.15, 0.2) is 5.96 Å². The number of nitrogens with one attached hydrogen (secondary N) is 1. The largest absolute Gasteiger partial charge is 0.411 e. The molecule has 0 spiro atoms. The van der Waals surface area contributed by atoms with Gasteiger partial charge in [0.1, 0.15) is 12.6 Å². The Morgan fingerprint density at radius 3 is 2.06 bits per heavy atom. The number of hydrogen-bond acceptors (Lipinski definition) is 3. The molecule has 0 amide bonds. The van der Waals surface area contributed by atoms with Gasteiger partial charge in [-0.25, -0.2) is 0 Å². The van der Waals surface area contributed by atoms with Crippen LogP contribution in [0.2, 0.25) is 0 Å². The minimum absolute atomic E-state index is 0. The Bertz CT molecular complexity index is 688. The maximum atomic E-state index is 12.9. The lowest BCUT2D eigenvalue weighted by atomic mass is 10.1. The van der Waals surface area contributed by atoms with Crippen molar-refractivity contribution in [1.82, 2.24) is 15.1 Å². The molecule has 1 aromatic carbocycles. The molecule has 0 aliphatic carbocycles. The van der Waals surface area contributed by atoms with E-state index in [2.05, 4.69) is 15.0 Å². The van der Waals surface area contributed by atoms with Crippen molar-refractivity contribution in [1.29, 1.82) is 0 Å². The first kappa shape index (κ1) is 27.8. The lowest BCUT2D eigenvalue weighted by Crippen LogP contribution is -2.56. The van der Waals surface area contributed by atoms with Crippen LogP contribution in [0, 0.1) is 0 Å². The van der Waals surface area contributed by atoms with Gasteiger partial charge in [-0.05, 0) is 18.1 Å². The molecular weight excluding hydrogens is 541 g/mol. The van der Waals surface area contributed by atoms with Gasteiger partial charge in [0.25, 0.3) is 0 Å². The maximum Gasteiger partial charge on any atom is 0.411 e. The first-order chi connectivity index (χ1) is 14.0. The summed E-state index contributed by atoms with van der Waals surface area (Å²) in [5, 5.41) is 3.17. The zero-order valence-corrected chi connectivity index (χ0v) is 19.6. The summed E-state index contributed by atoms with van der Waals surface area (Å²) < 4.78 is 79.5. The van der Waals surface area contributed by atoms with Gasteiger partial charge in [0.05, 0.1) is 6.61 Å². The third-order valence-electron chi connectivity index (χ3n) is 4.86. The van der Waals surface area contributed by atoms with Crippen LogP contribution in [0.25, 0.3) is 0 Å². The van der Waals surface area contributed by atoms with Crippen LogP contribution in [0.4, 0.5) is 26.3 Å². The van der Waals surface area contributed by atoms with E-state index in [1.54, 1.807) is 31.3 Å². The van der Waals surface area contributed by atoms with E-state index in [0.29, 0.717) is 31.2 Å². The summed E-state index contributed by atoms with van der Waals surface area (Å²) in [6, 6.07) is 5.44. The summed E-state index contributed by atoms with van der Waals surface area (Å²) in [5.74, 6) is 0.590. The van der Waals surface area contributed by atoms with Crippen molar-refractivity contribution in [2.24, 2.45) is 4.99 Å². The molecular formula is C19H27F6IN4O. The fourth-order valence-corrected chi connectivity index (χ4v) is 3.08. The normalized spacial score (nSPS) is 17.3. The number of nitrogens with zero attached hydrogens (tertiary/aromatic N) is 3. The van der Waals surface area contributed by atoms with E-state index in [0.717, 1.165) is 5.56 Å². The molecule has 1 heterocycles. The van der Waals surface area contributed by atoms with Crippen molar-refractivity contribution in [3.63, 3.8) is 0 Å². The highest BCUT2D eigenvalue weighted by Crippen LogP contribution is 2.25. The van der Waals surface area contributed by atoms with E-state index in [1.807, 2.05) is 4.90 Å². The van der Waals surface area contributed by atoms with Gasteiger partial charge < -0.3 is 15.0 Å². The van der Waals surface area contributed by atoms with Gasteiger partial charge in [0, 0.05) is 39.8 Å². The van der Waals surface area contributed by atoms with E-state index < -0.39 is 25.0 Å². The molecule has 0 aromatic heterocycles. The molecule has 31 heavy (non-hydrogen) atoms. The predicted octanol–water partition coefficient (Wildman–Crippen LogP) is 4.03. The summed E-state index contributed by atoms with van der Waals surface area (Å²) in [6.07, 6.45) is -8.60. The minimum Gasteiger partial charge on any atom is -0.367 e. The fraction of sp³-hybridized carbons (Fsp3) is 0.632. The van der Waals surface area contributed by atoms with Crippen LogP contribution < -0.4 is 5.32 Å². The number of rotatable bonds is 6. The summed E-state index contributed by atoms with van der Waals surface area (Å²) >= 11 is 0. The Kier molecular flexibility index (Phi) is 10.8. The van der Waals surface area contributed by atoms with E-state index in [-0.39, 0.29) is 43.7 Å². The van der Waals surface area contributed by atoms with E-state index in [9.17, 15) is 26.3 Å². The molecule has 0 saturated carbocycles. The van der Waals surface area contributed by atoms with Crippen molar-refractivity contribution >= 4 is 29.9 Å². The number of halogens is 7. The molecule has 1 unspecified atom stereocenters. The minimum atomic E-state index is -4.35. The van der Waals surface area contributed by atoms with Gasteiger partial charge >= 0.3 is 12.4 Å².